The zero-order valence-corrected chi connectivity index (χ0v) is 12.1. The van der Waals surface area contributed by atoms with Crippen molar-refractivity contribution in [1.29, 1.82) is 0 Å². The highest BCUT2D eigenvalue weighted by atomic mass is 35.5. The van der Waals surface area contributed by atoms with Crippen LogP contribution in [-0.2, 0) is 9.53 Å². The highest BCUT2D eigenvalue weighted by Gasteiger charge is 2.26. The van der Waals surface area contributed by atoms with Gasteiger partial charge < -0.3 is 9.26 Å². The summed E-state index contributed by atoms with van der Waals surface area (Å²) in [6, 6.07) is 7.08. The molecule has 1 aromatic carbocycles. The molecule has 0 aliphatic carbocycles. The largest absolute Gasteiger partial charge is 0.465 e. The van der Waals surface area contributed by atoms with E-state index in [9.17, 15) is 4.79 Å². The number of halogens is 1. The van der Waals surface area contributed by atoms with Crippen LogP contribution >= 0.6 is 11.6 Å². The quantitative estimate of drug-likeness (QED) is 0.790. The van der Waals surface area contributed by atoms with E-state index in [2.05, 4.69) is 10.1 Å². The molecule has 0 fully saturated rings. The first-order valence-electron chi connectivity index (χ1n) is 6.41. The summed E-state index contributed by atoms with van der Waals surface area (Å²) in [5, 5.41) is 4.53. The van der Waals surface area contributed by atoms with E-state index in [0.29, 0.717) is 23.9 Å². The molecule has 0 spiro atoms. The summed E-state index contributed by atoms with van der Waals surface area (Å²) in [4.78, 5) is 16.1. The number of nitrogens with zero attached hydrogens (tertiary/aromatic N) is 2. The molecule has 20 heavy (non-hydrogen) atoms. The van der Waals surface area contributed by atoms with Gasteiger partial charge in [-0.05, 0) is 37.6 Å². The van der Waals surface area contributed by atoms with Gasteiger partial charge in [0.25, 0.3) is 0 Å². The number of benzene rings is 1. The third-order valence-electron chi connectivity index (χ3n) is 2.82. The Hall–Kier alpha value is -1.88. The standard InChI is InChI=1S/C14H15ClN2O3/c1-3-11(14(18)19-4-2)13-16-12(17-20-13)9-5-7-10(15)8-6-9/h5-8,11H,3-4H2,1-2H3. The Morgan fingerprint density at radius 2 is 2.05 bits per heavy atom. The molecule has 1 unspecified atom stereocenters. The second-order valence-electron chi connectivity index (χ2n) is 4.18. The summed E-state index contributed by atoms with van der Waals surface area (Å²) in [6.45, 7) is 3.96. The van der Waals surface area contributed by atoms with Gasteiger partial charge in [-0.15, -0.1) is 0 Å². The van der Waals surface area contributed by atoms with Crippen molar-refractivity contribution in [2.75, 3.05) is 6.61 Å². The molecule has 0 amide bonds. The summed E-state index contributed by atoms with van der Waals surface area (Å²) in [6.07, 6.45) is 0.543. The molecule has 2 aromatic rings. The van der Waals surface area contributed by atoms with E-state index in [-0.39, 0.29) is 11.9 Å². The first-order valence-corrected chi connectivity index (χ1v) is 6.79. The van der Waals surface area contributed by atoms with Gasteiger partial charge >= 0.3 is 5.97 Å². The number of carbonyl (C=O) groups excluding carboxylic acids is 1. The molecule has 0 saturated carbocycles. The fourth-order valence-corrected chi connectivity index (χ4v) is 1.90. The van der Waals surface area contributed by atoms with Gasteiger partial charge in [0.2, 0.25) is 11.7 Å². The van der Waals surface area contributed by atoms with E-state index >= 15 is 0 Å². The van der Waals surface area contributed by atoms with Gasteiger partial charge in [-0.3, -0.25) is 4.79 Å². The molecule has 0 saturated heterocycles. The molecule has 1 aromatic heterocycles. The summed E-state index contributed by atoms with van der Waals surface area (Å²) < 4.78 is 10.2. The maximum absolute atomic E-state index is 11.8. The molecule has 0 radical (unpaired) electrons. The van der Waals surface area contributed by atoms with Crippen LogP contribution in [0.25, 0.3) is 11.4 Å². The highest BCUT2D eigenvalue weighted by Crippen LogP contribution is 2.24. The van der Waals surface area contributed by atoms with E-state index in [1.165, 1.54) is 0 Å². The zero-order chi connectivity index (χ0) is 14.5. The fraction of sp³-hybridized carbons (Fsp3) is 0.357. The van der Waals surface area contributed by atoms with E-state index in [4.69, 9.17) is 20.9 Å². The lowest BCUT2D eigenvalue weighted by molar-refractivity contribution is -0.145. The Balaban J connectivity index is 2.23. The van der Waals surface area contributed by atoms with Crippen molar-refractivity contribution in [3.05, 3.63) is 35.2 Å². The van der Waals surface area contributed by atoms with E-state index in [1.54, 1.807) is 31.2 Å². The maximum atomic E-state index is 11.8. The first-order chi connectivity index (χ1) is 9.65. The minimum absolute atomic E-state index is 0.274. The summed E-state index contributed by atoms with van der Waals surface area (Å²) in [5.74, 6) is -0.167. The molecular formula is C14H15ClN2O3. The molecule has 1 atom stereocenters. The van der Waals surface area contributed by atoms with Gasteiger partial charge in [-0.2, -0.15) is 4.98 Å². The topological polar surface area (TPSA) is 65.2 Å². The average Bonchev–Trinajstić information content (AvgIpc) is 2.90. The Kier molecular flexibility index (Phi) is 4.74. The molecule has 0 N–H and O–H groups in total. The third-order valence-corrected chi connectivity index (χ3v) is 3.07. The molecule has 106 valence electrons. The third kappa shape index (κ3) is 3.17. The molecule has 1 heterocycles. The van der Waals surface area contributed by atoms with Crippen molar-refractivity contribution in [2.45, 2.75) is 26.2 Å². The lowest BCUT2D eigenvalue weighted by atomic mass is 10.1. The zero-order valence-electron chi connectivity index (χ0n) is 11.3. The van der Waals surface area contributed by atoms with E-state index < -0.39 is 5.92 Å². The highest BCUT2D eigenvalue weighted by molar-refractivity contribution is 6.30. The van der Waals surface area contributed by atoms with Gasteiger partial charge in [0.05, 0.1) is 6.61 Å². The molecular weight excluding hydrogens is 280 g/mol. The predicted molar refractivity (Wildman–Crippen MR) is 74.4 cm³/mol. The van der Waals surface area contributed by atoms with Gasteiger partial charge in [0, 0.05) is 10.6 Å². The monoisotopic (exact) mass is 294 g/mol. The van der Waals surface area contributed by atoms with Crippen LogP contribution in [0.2, 0.25) is 5.02 Å². The normalized spacial score (nSPS) is 12.2. The van der Waals surface area contributed by atoms with Crippen LogP contribution in [0.4, 0.5) is 0 Å². The number of hydrogen-bond acceptors (Lipinski definition) is 5. The number of ether oxygens (including phenoxy) is 1. The molecule has 0 bridgehead atoms. The molecule has 2 rings (SSSR count). The predicted octanol–water partition coefficient (Wildman–Crippen LogP) is 3.45. The Morgan fingerprint density at radius 3 is 2.65 bits per heavy atom. The van der Waals surface area contributed by atoms with Crippen LogP contribution in [-0.4, -0.2) is 22.7 Å². The van der Waals surface area contributed by atoms with Gasteiger partial charge in [0.1, 0.15) is 5.92 Å². The van der Waals surface area contributed by atoms with Crippen LogP contribution in [0.1, 0.15) is 32.1 Å². The Labute approximate surface area is 121 Å². The number of carbonyl (C=O) groups is 1. The van der Waals surface area contributed by atoms with Crippen molar-refractivity contribution >= 4 is 17.6 Å². The summed E-state index contributed by atoms with van der Waals surface area (Å²) in [7, 11) is 0. The van der Waals surface area contributed by atoms with Crippen LogP contribution in [0.15, 0.2) is 28.8 Å². The fourth-order valence-electron chi connectivity index (χ4n) is 1.78. The van der Waals surface area contributed by atoms with Crippen LogP contribution in [0.5, 0.6) is 0 Å². The van der Waals surface area contributed by atoms with E-state index in [1.807, 2.05) is 6.92 Å². The summed E-state index contributed by atoms with van der Waals surface area (Å²) >= 11 is 5.83. The number of esters is 1. The second-order valence-corrected chi connectivity index (χ2v) is 4.61. The lowest BCUT2D eigenvalue weighted by Crippen LogP contribution is -2.15. The summed E-state index contributed by atoms with van der Waals surface area (Å²) in [5.41, 5.74) is 0.781. The molecule has 0 aliphatic rings. The number of aromatic nitrogens is 2. The minimum Gasteiger partial charge on any atom is -0.465 e. The van der Waals surface area contributed by atoms with Crippen molar-refractivity contribution in [1.82, 2.24) is 10.1 Å². The van der Waals surface area contributed by atoms with Crippen LogP contribution in [0.3, 0.4) is 0 Å². The van der Waals surface area contributed by atoms with Crippen LogP contribution < -0.4 is 0 Å². The van der Waals surface area contributed by atoms with Crippen molar-refractivity contribution < 1.29 is 14.1 Å². The second kappa shape index (κ2) is 6.52. The van der Waals surface area contributed by atoms with Crippen molar-refractivity contribution in [2.24, 2.45) is 0 Å². The molecule has 6 heteroatoms. The Morgan fingerprint density at radius 1 is 1.35 bits per heavy atom. The number of rotatable bonds is 5. The Bertz CT molecular complexity index is 580. The smallest absolute Gasteiger partial charge is 0.318 e. The lowest BCUT2D eigenvalue weighted by Gasteiger charge is -2.08. The van der Waals surface area contributed by atoms with Crippen molar-refractivity contribution in [3.63, 3.8) is 0 Å². The van der Waals surface area contributed by atoms with Gasteiger partial charge in [-0.25, -0.2) is 0 Å². The number of hydrogen-bond donors (Lipinski definition) is 0. The average molecular weight is 295 g/mol. The van der Waals surface area contributed by atoms with Crippen molar-refractivity contribution in [3.8, 4) is 11.4 Å². The molecule has 0 aliphatic heterocycles. The van der Waals surface area contributed by atoms with Crippen LogP contribution in [0, 0.1) is 0 Å². The van der Waals surface area contributed by atoms with Gasteiger partial charge in [-0.1, -0.05) is 23.7 Å². The first kappa shape index (κ1) is 14.5. The SMILES string of the molecule is CCOC(=O)C(CC)c1nc(-c2ccc(Cl)cc2)no1. The molecule has 5 nitrogen and oxygen atoms in total. The van der Waals surface area contributed by atoms with Gasteiger partial charge in [0.15, 0.2) is 0 Å². The van der Waals surface area contributed by atoms with E-state index in [0.717, 1.165) is 5.56 Å². The minimum atomic E-state index is -0.525. The maximum Gasteiger partial charge on any atom is 0.318 e.